The van der Waals surface area contributed by atoms with Crippen molar-refractivity contribution in [3.05, 3.63) is 29.8 Å². The molecule has 0 bridgehead atoms. The number of hydrogen-bond donors (Lipinski definition) is 0. The Bertz CT molecular complexity index is 242. The Labute approximate surface area is 72.0 Å². The van der Waals surface area contributed by atoms with Crippen LogP contribution in [0.15, 0.2) is 18.2 Å². The lowest BCUT2D eigenvalue weighted by Crippen LogP contribution is -2.00. The minimum absolute atomic E-state index is 0.447. The quantitative estimate of drug-likeness (QED) is 0.660. The first-order valence-electron chi connectivity index (χ1n) is 2.95. The molecule has 60 valence electrons. The Morgan fingerprint density at radius 1 is 1.18 bits per heavy atom. The number of rotatable bonds is 1. The molecule has 4 heteroatoms. The van der Waals surface area contributed by atoms with Crippen molar-refractivity contribution >= 4 is 21.8 Å². The summed E-state index contributed by atoms with van der Waals surface area (Å²) in [5.74, 6) is -1.15. The summed E-state index contributed by atoms with van der Waals surface area (Å²) < 4.78 is 26.5. The largest absolute Gasteiger partial charge is 0.312 e. The van der Waals surface area contributed by atoms with Crippen LogP contribution in [0.4, 0.5) is 14.5 Å². The van der Waals surface area contributed by atoms with E-state index >= 15 is 0 Å². The minimum atomic E-state index is -0.577. The third-order valence-electron chi connectivity index (χ3n) is 1.20. The van der Waals surface area contributed by atoms with Gasteiger partial charge < -0.3 is 3.93 Å². The summed E-state index contributed by atoms with van der Waals surface area (Å²) in [6.07, 6.45) is 0. The predicted octanol–water partition coefficient (Wildman–Crippen LogP) is 2.71. The zero-order chi connectivity index (χ0) is 8.43. The van der Waals surface area contributed by atoms with Crippen molar-refractivity contribution in [2.75, 3.05) is 11.0 Å². The second-order valence-corrected chi connectivity index (χ2v) is 3.17. The van der Waals surface area contributed by atoms with Crippen LogP contribution in [0.3, 0.4) is 0 Å². The van der Waals surface area contributed by atoms with Crippen molar-refractivity contribution in [2.45, 2.75) is 0 Å². The van der Waals surface area contributed by atoms with E-state index in [0.717, 1.165) is 6.07 Å². The molecule has 0 amide bonds. The highest BCUT2D eigenvalue weighted by Crippen LogP contribution is 2.18. The van der Waals surface area contributed by atoms with Gasteiger partial charge in [0.2, 0.25) is 0 Å². The molecule has 0 saturated carbocycles. The van der Waals surface area contributed by atoms with Gasteiger partial charge in [-0.05, 0) is 12.1 Å². The number of halogens is 3. The van der Waals surface area contributed by atoms with Gasteiger partial charge in [0.1, 0.15) is 11.6 Å². The maximum atomic E-state index is 12.5. The lowest BCUT2D eigenvalue weighted by molar-refractivity contribution is 0.584. The summed E-state index contributed by atoms with van der Waals surface area (Å²) >= 11 is 3.05. The Morgan fingerprint density at radius 3 is 2.00 bits per heavy atom. The van der Waals surface area contributed by atoms with Gasteiger partial charge in [0.15, 0.2) is 0 Å². The van der Waals surface area contributed by atoms with Crippen LogP contribution >= 0.6 is 16.1 Å². The summed E-state index contributed by atoms with van der Waals surface area (Å²) in [7, 11) is 1.65. The predicted molar refractivity (Wildman–Crippen MR) is 43.7 cm³/mol. The van der Waals surface area contributed by atoms with Gasteiger partial charge in [-0.2, -0.15) is 0 Å². The fourth-order valence-electron chi connectivity index (χ4n) is 0.717. The van der Waals surface area contributed by atoms with Crippen molar-refractivity contribution in [2.24, 2.45) is 0 Å². The van der Waals surface area contributed by atoms with Crippen LogP contribution in [-0.2, 0) is 0 Å². The third-order valence-corrected chi connectivity index (χ3v) is 1.61. The van der Waals surface area contributed by atoms with E-state index in [4.69, 9.17) is 0 Å². The summed E-state index contributed by atoms with van der Waals surface area (Å²) in [5, 5.41) is 0. The molecule has 0 atom stereocenters. The molecular formula is C7H6BrF2N. The molecule has 1 aromatic carbocycles. The second kappa shape index (κ2) is 3.17. The fraction of sp³-hybridized carbons (Fsp3) is 0.143. The topological polar surface area (TPSA) is 3.24 Å². The van der Waals surface area contributed by atoms with Crippen LogP contribution in [0.2, 0.25) is 0 Å². The maximum Gasteiger partial charge on any atom is 0.128 e. The lowest BCUT2D eigenvalue weighted by atomic mass is 10.3. The highest BCUT2D eigenvalue weighted by atomic mass is 79.9. The molecule has 0 aromatic heterocycles. The zero-order valence-electron chi connectivity index (χ0n) is 5.81. The summed E-state index contributed by atoms with van der Waals surface area (Å²) in [6.45, 7) is 0. The van der Waals surface area contributed by atoms with Crippen LogP contribution < -0.4 is 3.93 Å². The highest BCUT2D eigenvalue weighted by molar-refractivity contribution is 9.10. The van der Waals surface area contributed by atoms with E-state index in [1.54, 1.807) is 7.05 Å². The number of hydrogen-bond acceptors (Lipinski definition) is 1. The van der Waals surface area contributed by atoms with Crippen molar-refractivity contribution in [3.8, 4) is 0 Å². The Morgan fingerprint density at radius 2 is 1.64 bits per heavy atom. The SMILES string of the molecule is CN(Br)c1cc(F)cc(F)c1. The smallest absolute Gasteiger partial charge is 0.128 e. The van der Waals surface area contributed by atoms with E-state index in [2.05, 4.69) is 16.1 Å². The number of anilines is 1. The number of nitrogens with zero attached hydrogens (tertiary/aromatic N) is 1. The zero-order valence-corrected chi connectivity index (χ0v) is 7.40. The van der Waals surface area contributed by atoms with E-state index in [9.17, 15) is 8.78 Å². The van der Waals surface area contributed by atoms with Gasteiger partial charge in [-0.3, -0.25) is 0 Å². The summed E-state index contributed by atoms with van der Waals surface area (Å²) in [6, 6.07) is 3.30. The van der Waals surface area contributed by atoms with Crippen LogP contribution in [0.25, 0.3) is 0 Å². The molecule has 0 N–H and O–H groups in total. The van der Waals surface area contributed by atoms with E-state index in [1.165, 1.54) is 16.1 Å². The fourth-order valence-corrected chi connectivity index (χ4v) is 0.922. The molecule has 1 nitrogen and oxygen atoms in total. The molecule has 0 aliphatic rings. The molecule has 1 aromatic rings. The van der Waals surface area contributed by atoms with Crippen LogP contribution in [0.1, 0.15) is 0 Å². The van der Waals surface area contributed by atoms with Crippen LogP contribution in [-0.4, -0.2) is 7.05 Å². The van der Waals surface area contributed by atoms with Crippen molar-refractivity contribution in [3.63, 3.8) is 0 Å². The molecular weight excluding hydrogens is 216 g/mol. The summed E-state index contributed by atoms with van der Waals surface area (Å²) in [5.41, 5.74) is 0.447. The normalized spacial score (nSPS) is 9.82. The first-order valence-corrected chi connectivity index (χ1v) is 3.66. The molecule has 0 aliphatic heterocycles. The maximum absolute atomic E-state index is 12.5. The molecule has 0 aliphatic carbocycles. The van der Waals surface area contributed by atoms with Gasteiger partial charge in [-0.25, -0.2) is 8.78 Å². The first-order chi connectivity index (χ1) is 5.09. The van der Waals surface area contributed by atoms with Gasteiger partial charge in [0, 0.05) is 29.3 Å². The molecule has 0 spiro atoms. The van der Waals surface area contributed by atoms with Crippen LogP contribution in [0.5, 0.6) is 0 Å². The minimum Gasteiger partial charge on any atom is -0.312 e. The van der Waals surface area contributed by atoms with Gasteiger partial charge in [-0.15, -0.1) is 0 Å². The van der Waals surface area contributed by atoms with Crippen molar-refractivity contribution in [1.82, 2.24) is 0 Å². The van der Waals surface area contributed by atoms with Crippen molar-refractivity contribution < 1.29 is 8.78 Å². The molecule has 0 fully saturated rings. The third kappa shape index (κ3) is 2.15. The average Bonchev–Trinajstić information content (AvgIpc) is 1.85. The molecule has 1 rings (SSSR count). The molecule has 11 heavy (non-hydrogen) atoms. The molecule has 0 heterocycles. The van der Waals surface area contributed by atoms with Gasteiger partial charge in [-0.1, -0.05) is 0 Å². The Kier molecular flexibility index (Phi) is 2.44. The van der Waals surface area contributed by atoms with Gasteiger partial charge >= 0.3 is 0 Å². The first kappa shape index (κ1) is 8.46. The Balaban J connectivity index is 3.08. The van der Waals surface area contributed by atoms with E-state index in [0.29, 0.717) is 5.69 Å². The average molecular weight is 222 g/mol. The highest BCUT2D eigenvalue weighted by Gasteiger charge is 2.01. The van der Waals surface area contributed by atoms with Gasteiger partial charge in [0.25, 0.3) is 0 Å². The van der Waals surface area contributed by atoms with E-state index in [-0.39, 0.29) is 0 Å². The van der Waals surface area contributed by atoms with E-state index < -0.39 is 11.6 Å². The second-order valence-electron chi connectivity index (χ2n) is 2.10. The molecule has 0 unspecified atom stereocenters. The lowest BCUT2D eigenvalue weighted by Gasteiger charge is -2.08. The van der Waals surface area contributed by atoms with Crippen molar-refractivity contribution in [1.29, 1.82) is 0 Å². The molecule has 0 radical (unpaired) electrons. The van der Waals surface area contributed by atoms with Crippen LogP contribution in [0, 0.1) is 11.6 Å². The molecule has 0 saturated heterocycles. The standard InChI is InChI=1S/C7H6BrF2N/c1-11(8)7-3-5(9)2-6(10)4-7/h2-4H,1H3. The number of benzene rings is 1. The van der Waals surface area contributed by atoms with Gasteiger partial charge in [0.05, 0.1) is 5.69 Å². The van der Waals surface area contributed by atoms with E-state index in [1.807, 2.05) is 0 Å². The Hall–Kier alpha value is -0.640. The monoisotopic (exact) mass is 221 g/mol. The summed E-state index contributed by atoms with van der Waals surface area (Å²) in [4.78, 5) is 0.